The molecule has 2 heterocycles. The van der Waals surface area contributed by atoms with Gasteiger partial charge in [-0.3, -0.25) is 9.88 Å². The Balaban J connectivity index is 0.00000180. The minimum absolute atomic E-state index is 0. The summed E-state index contributed by atoms with van der Waals surface area (Å²) < 4.78 is 28.7. The number of aromatic nitrogens is 1. The number of halogens is 2. The highest BCUT2D eigenvalue weighted by Gasteiger charge is 2.35. The van der Waals surface area contributed by atoms with E-state index in [1.165, 1.54) is 5.56 Å². The number of aryl methyl sites for hydroxylation is 1. The number of nitrogens with zero attached hydrogens (tertiary/aromatic N) is 3. The zero-order valence-corrected chi connectivity index (χ0v) is 19.0. The smallest absolute Gasteiger partial charge is 0.264 e. The molecule has 0 fully saturated rings. The van der Waals surface area contributed by atoms with Crippen LogP contribution in [0.1, 0.15) is 31.5 Å². The second-order valence-electron chi connectivity index (χ2n) is 9.04. The largest absolute Gasteiger partial charge is 0.355 e. The van der Waals surface area contributed by atoms with Crippen LogP contribution in [0.25, 0.3) is 11.3 Å². The van der Waals surface area contributed by atoms with Crippen LogP contribution in [0.2, 0.25) is 0 Å². The van der Waals surface area contributed by atoms with E-state index < -0.39 is 5.92 Å². The third-order valence-corrected chi connectivity index (χ3v) is 6.35. The molecule has 6 heteroatoms. The molecule has 3 aromatic rings. The van der Waals surface area contributed by atoms with Crippen LogP contribution >= 0.6 is 0 Å². The Hall–Kier alpha value is -3.56. The lowest BCUT2D eigenvalue weighted by molar-refractivity contribution is -0.0334. The molecule has 1 aliphatic heterocycles. The second-order valence-corrected chi connectivity index (χ2v) is 9.04. The number of nitriles is 1. The minimum atomic E-state index is -2.70. The first-order chi connectivity index (χ1) is 16.4. The molecule has 0 atom stereocenters. The minimum Gasteiger partial charge on any atom is -0.355 e. The monoisotopic (exact) mass is 459 g/mol. The number of alkyl halides is 2. The van der Waals surface area contributed by atoms with Crippen molar-refractivity contribution in [2.45, 2.75) is 32.2 Å². The van der Waals surface area contributed by atoms with Gasteiger partial charge in [0, 0.05) is 51.9 Å². The summed E-state index contributed by atoms with van der Waals surface area (Å²) in [6.07, 6.45) is 5.65. The lowest BCUT2D eigenvalue weighted by atomic mass is 9.96. The van der Waals surface area contributed by atoms with Gasteiger partial charge in [-0.05, 0) is 60.4 Å². The molecule has 0 unspecified atom stereocenters. The van der Waals surface area contributed by atoms with Crippen LogP contribution in [0.3, 0.4) is 0 Å². The van der Waals surface area contributed by atoms with Gasteiger partial charge < -0.3 is 5.32 Å². The van der Waals surface area contributed by atoms with Gasteiger partial charge in [0.2, 0.25) is 0 Å². The maximum absolute atomic E-state index is 14.4. The fourth-order valence-electron chi connectivity index (χ4n) is 4.53. The zero-order chi connectivity index (χ0) is 23.7. The number of allylic oxidation sites excluding steroid dienone is 2. The van der Waals surface area contributed by atoms with Gasteiger partial charge in [-0.1, -0.05) is 29.8 Å². The van der Waals surface area contributed by atoms with Crippen molar-refractivity contribution < 1.29 is 11.6 Å². The van der Waals surface area contributed by atoms with Crippen LogP contribution in [0.15, 0.2) is 66.4 Å². The van der Waals surface area contributed by atoms with Gasteiger partial charge in [-0.15, -0.1) is 0 Å². The molecule has 0 amide bonds. The van der Waals surface area contributed by atoms with Crippen LogP contribution in [0.5, 0.6) is 0 Å². The molecule has 1 N–H and O–H groups in total. The van der Waals surface area contributed by atoms with Crippen LogP contribution in [-0.4, -0.2) is 28.9 Å². The fraction of sp³-hybridized carbons (Fsp3) is 0.250. The van der Waals surface area contributed by atoms with E-state index in [0.29, 0.717) is 18.7 Å². The van der Waals surface area contributed by atoms with Crippen LogP contribution in [0.4, 0.5) is 20.2 Å². The van der Waals surface area contributed by atoms with E-state index in [4.69, 9.17) is 5.26 Å². The Morgan fingerprint density at radius 2 is 2.06 bits per heavy atom. The van der Waals surface area contributed by atoms with Crippen molar-refractivity contribution in [2.24, 2.45) is 0 Å². The normalized spacial score (nSPS) is 15.3. The first-order valence-electron chi connectivity index (χ1n) is 11.4. The molecular weight excluding hydrogens is 430 g/mol. The third kappa shape index (κ3) is 5.00. The van der Waals surface area contributed by atoms with E-state index in [1.807, 2.05) is 48.2 Å². The molecule has 0 spiro atoms. The van der Waals surface area contributed by atoms with Gasteiger partial charge in [-0.25, -0.2) is 8.78 Å². The fourth-order valence-corrected chi connectivity index (χ4v) is 4.53. The number of fused-ring (bicyclic) bond motifs is 1. The van der Waals surface area contributed by atoms with Crippen LogP contribution < -0.4 is 5.32 Å². The zero-order valence-electron chi connectivity index (χ0n) is 19.0. The van der Waals surface area contributed by atoms with Crippen LogP contribution in [-0.2, 0) is 13.0 Å². The van der Waals surface area contributed by atoms with Gasteiger partial charge >= 0.3 is 0 Å². The Morgan fingerprint density at radius 3 is 2.79 bits per heavy atom. The van der Waals surface area contributed by atoms with Crippen molar-refractivity contribution in [3.63, 3.8) is 0 Å². The Kier molecular flexibility index (Phi) is 5.89. The summed E-state index contributed by atoms with van der Waals surface area (Å²) in [5.74, 6) is -2.70. The Bertz CT molecular complexity index is 1300. The standard InChI is InChI=1S/C28H25F2N4.2H2/c1-19-5-9-23(13-25(19)26-10-8-21(15-31)16-32-26)33-27-4-2-3-22-17-34(12-11-24(22)27)18-28(29,30)14-20-6-7-20;;/h2-10,13,16,33H,11-12,14,17-18H2,1H3;2*1H. The predicted octanol–water partition coefficient (Wildman–Crippen LogP) is 6.69. The van der Waals surface area contributed by atoms with Crippen molar-refractivity contribution >= 4 is 11.4 Å². The molecule has 175 valence electrons. The molecule has 34 heavy (non-hydrogen) atoms. The molecule has 1 aromatic heterocycles. The number of anilines is 2. The lowest BCUT2D eigenvalue weighted by Crippen LogP contribution is -2.40. The number of nitrogens with one attached hydrogen (secondary N) is 1. The quantitative estimate of drug-likeness (QED) is 0.428. The van der Waals surface area contributed by atoms with E-state index >= 15 is 0 Å². The number of benzene rings is 2. The van der Waals surface area contributed by atoms with E-state index in [0.717, 1.165) is 45.8 Å². The van der Waals surface area contributed by atoms with E-state index in [9.17, 15) is 8.78 Å². The molecule has 0 saturated carbocycles. The molecule has 0 saturated heterocycles. The van der Waals surface area contributed by atoms with Crippen LogP contribution in [0, 0.1) is 24.7 Å². The summed E-state index contributed by atoms with van der Waals surface area (Å²) in [5.41, 5.74) is 8.39. The molecule has 2 aliphatic rings. The SMILES string of the molecule is Cc1ccc(Nc2cccc3c2CCN(CC(F)(F)CC2=C[CH]2)C3)cc1-c1ccc(C#N)cn1.[HH].[HH]. The first-order valence-corrected chi connectivity index (χ1v) is 11.4. The molecule has 5 rings (SSSR count). The topological polar surface area (TPSA) is 52.0 Å². The molecule has 1 aliphatic carbocycles. The molecular formula is C28H29F2N4. The van der Waals surface area contributed by atoms with Crippen molar-refractivity contribution in [2.75, 3.05) is 18.4 Å². The van der Waals surface area contributed by atoms with E-state index in [2.05, 4.69) is 22.4 Å². The molecule has 1 radical (unpaired) electrons. The summed E-state index contributed by atoms with van der Waals surface area (Å²) in [4.78, 5) is 6.29. The molecule has 2 aromatic carbocycles. The average Bonchev–Trinajstić information content (AvgIpc) is 3.63. The maximum atomic E-state index is 14.4. The number of hydrogen-bond acceptors (Lipinski definition) is 4. The van der Waals surface area contributed by atoms with E-state index in [-0.39, 0.29) is 15.8 Å². The Labute approximate surface area is 201 Å². The highest BCUT2D eigenvalue weighted by atomic mass is 19.3. The highest BCUT2D eigenvalue weighted by molar-refractivity contribution is 5.73. The lowest BCUT2D eigenvalue weighted by Gasteiger charge is -2.32. The van der Waals surface area contributed by atoms with Gasteiger partial charge in [0.1, 0.15) is 6.07 Å². The predicted molar refractivity (Wildman–Crippen MR) is 134 cm³/mol. The summed E-state index contributed by atoms with van der Waals surface area (Å²) >= 11 is 0. The summed E-state index contributed by atoms with van der Waals surface area (Å²) in [7, 11) is 0. The van der Waals surface area contributed by atoms with Crippen molar-refractivity contribution in [3.05, 3.63) is 95.1 Å². The highest BCUT2D eigenvalue weighted by Crippen LogP contribution is 2.35. The van der Waals surface area contributed by atoms with Gasteiger partial charge in [0.25, 0.3) is 5.92 Å². The molecule has 0 bridgehead atoms. The van der Waals surface area contributed by atoms with Gasteiger partial charge in [0.15, 0.2) is 0 Å². The number of rotatable bonds is 7. The maximum Gasteiger partial charge on any atom is 0.264 e. The van der Waals surface area contributed by atoms with Gasteiger partial charge in [-0.2, -0.15) is 5.26 Å². The van der Waals surface area contributed by atoms with Crippen molar-refractivity contribution in [3.8, 4) is 17.3 Å². The summed E-state index contributed by atoms with van der Waals surface area (Å²) in [6, 6.07) is 17.9. The number of pyridine rings is 1. The summed E-state index contributed by atoms with van der Waals surface area (Å²) in [6.45, 7) is 2.95. The van der Waals surface area contributed by atoms with Gasteiger partial charge in [0.05, 0.1) is 17.8 Å². The second kappa shape index (κ2) is 9.00. The average molecular weight is 460 g/mol. The van der Waals surface area contributed by atoms with Crippen molar-refractivity contribution in [1.29, 1.82) is 5.26 Å². The summed E-state index contributed by atoms with van der Waals surface area (Å²) in [5, 5.41) is 12.6. The molecule has 4 nitrogen and oxygen atoms in total. The van der Waals surface area contributed by atoms with E-state index in [1.54, 1.807) is 24.8 Å². The van der Waals surface area contributed by atoms with Crippen molar-refractivity contribution in [1.82, 2.24) is 9.88 Å². The first kappa shape index (κ1) is 22.2. The number of hydrogen-bond donors (Lipinski definition) is 1. The third-order valence-electron chi connectivity index (χ3n) is 6.35. The Morgan fingerprint density at radius 1 is 1.21 bits per heavy atom.